The average molecular weight is 317 g/mol. The molecule has 1 aromatic carbocycles. The second kappa shape index (κ2) is 7.21. The van der Waals surface area contributed by atoms with E-state index in [9.17, 15) is 9.18 Å². The molecule has 2 heterocycles. The molecule has 0 spiro atoms. The van der Waals surface area contributed by atoms with Crippen LogP contribution in [0.25, 0.3) is 5.69 Å². The molecule has 8 heteroatoms. The van der Waals surface area contributed by atoms with E-state index in [0.717, 1.165) is 0 Å². The van der Waals surface area contributed by atoms with Crippen molar-refractivity contribution in [3.05, 3.63) is 59.8 Å². The van der Waals surface area contributed by atoms with Crippen molar-refractivity contribution in [2.45, 2.75) is 13.3 Å². The maximum atomic E-state index is 12.8. The van der Waals surface area contributed by atoms with E-state index in [2.05, 4.69) is 15.3 Å². The Hall–Kier alpha value is -3.16. The van der Waals surface area contributed by atoms with Gasteiger partial charge in [0.2, 0.25) is 0 Å². The Kier molecular flexibility index (Phi) is 5.08. The summed E-state index contributed by atoms with van der Waals surface area (Å²) in [7, 11) is 0. The highest BCUT2D eigenvalue weighted by Crippen LogP contribution is 2.21. The summed E-state index contributed by atoms with van der Waals surface area (Å²) in [5, 5.41) is 19.4. The zero-order chi connectivity index (χ0) is 16.8. The summed E-state index contributed by atoms with van der Waals surface area (Å²) in [5.74, 6) is -1.44. The summed E-state index contributed by atoms with van der Waals surface area (Å²) in [4.78, 5) is 11.1. The maximum absolute atomic E-state index is 12.8. The van der Waals surface area contributed by atoms with Gasteiger partial charge in [0.15, 0.2) is 0 Å². The topological polar surface area (TPSA) is 110 Å². The Labute approximate surface area is 131 Å². The molecule has 7 nitrogen and oxygen atoms in total. The maximum Gasteiger partial charge on any atom is 0.341 e. The van der Waals surface area contributed by atoms with E-state index in [4.69, 9.17) is 10.8 Å². The van der Waals surface area contributed by atoms with Crippen molar-refractivity contribution >= 4 is 11.8 Å². The molecule has 0 saturated heterocycles. The van der Waals surface area contributed by atoms with Gasteiger partial charge in [-0.15, -0.1) is 0 Å². The van der Waals surface area contributed by atoms with Gasteiger partial charge in [-0.25, -0.2) is 13.9 Å². The first-order valence-electron chi connectivity index (χ1n) is 6.85. The number of nitrogen functional groups attached to an aromatic ring is 1. The average Bonchev–Trinajstić information content (AvgIpc) is 3.19. The molecule has 2 aromatic heterocycles. The van der Waals surface area contributed by atoms with Crippen LogP contribution in [-0.4, -0.2) is 31.1 Å². The molecule has 3 aromatic rings. The molecule has 120 valence electrons. The van der Waals surface area contributed by atoms with Gasteiger partial charge in [0, 0.05) is 12.4 Å². The number of halogens is 1. The first kappa shape index (κ1) is 16.2. The lowest BCUT2D eigenvalue weighted by Gasteiger charge is -2.03. The minimum absolute atomic E-state index is 0.00169. The van der Waals surface area contributed by atoms with Crippen LogP contribution in [0.15, 0.2) is 42.7 Å². The highest BCUT2D eigenvalue weighted by molar-refractivity contribution is 5.94. The van der Waals surface area contributed by atoms with Crippen molar-refractivity contribution in [1.29, 1.82) is 0 Å². The van der Waals surface area contributed by atoms with E-state index < -0.39 is 5.97 Å². The molecule has 0 unspecified atom stereocenters. The first-order valence-corrected chi connectivity index (χ1v) is 6.85. The van der Waals surface area contributed by atoms with Crippen molar-refractivity contribution < 1.29 is 14.3 Å². The van der Waals surface area contributed by atoms with Gasteiger partial charge in [-0.05, 0) is 36.8 Å². The van der Waals surface area contributed by atoms with Gasteiger partial charge >= 0.3 is 5.97 Å². The fourth-order valence-electron chi connectivity index (χ4n) is 1.95. The smallest absolute Gasteiger partial charge is 0.341 e. The largest absolute Gasteiger partial charge is 0.477 e. The van der Waals surface area contributed by atoms with Crippen LogP contribution in [0.4, 0.5) is 10.2 Å². The monoisotopic (exact) mass is 317 g/mol. The number of hydrogen-bond donors (Lipinski definition) is 3. The van der Waals surface area contributed by atoms with Gasteiger partial charge in [-0.1, -0.05) is 6.92 Å². The number of nitrogens with two attached hydrogens (primary N) is 1. The molecule has 0 aliphatic heterocycles. The summed E-state index contributed by atoms with van der Waals surface area (Å²) in [5.41, 5.74) is 6.71. The minimum atomic E-state index is -1.11. The summed E-state index contributed by atoms with van der Waals surface area (Å²) >= 11 is 0. The third kappa shape index (κ3) is 3.73. The van der Waals surface area contributed by atoms with Crippen molar-refractivity contribution in [2.24, 2.45) is 0 Å². The molecular formula is C15H16FN5O2. The molecule has 3 rings (SSSR count). The summed E-state index contributed by atoms with van der Waals surface area (Å²) in [6.45, 7) is 1.79. The third-order valence-corrected chi connectivity index (χ3v) is 3.02. The molecular weight excluding hydrogens is 301 g/mol. The number of aromatic amines is 1. The van der Waals surface area contributed by atoms with Gasteiger partial charge in [0.1, 0.15) is 17.2 Å². The zero-order valence-corrected chi connectivity index (χ0v) is 12.4. The fraction of sp³-hybridized carbons (Fsp3) is 0.133. The van der Waals surface area contributed by atoms with E-state index in [-0.39, 0.29) is 17.2 Å². The van der Waals surface area contributed by atoms with Crippen molar-refractivity contribution in [1.82, 2.24) is 20.0 Å². The van der Waals surface area contributed by atoms with Crippen LogP contribution in [-0.2, 0) is 6.42 Å². The third-order valence-electron chi connectivity index (χ3n) is 3.02. The van der Waals surface area contributed by atoms with Crippen molar-refractivity contribution in [3.63, 3.8) is 0 Å². The SMILES string of the molecule is CCc1nn(-c2ccc(F)cc2)c(N)c1C(=O)O.c1cn[nH]c1. The van der Waals surface area contributed by atoms with E-state index >= 15 is 0 Å². The fourth-order valence-corrected chi connectivity index (χ4v) is 1.95. The molecule has 23 heavy (non-hydrogen) atoms. The molecule has 0 radical (unpaired) electrons. The Bertz CT molecular complexity index is 749. The lowest BCUT2D eigenvalue weighted by atomic mass is 10.2. The number of nitrogens with zero attached hydrogens (tertiary/aromatic N) is 3. The standard InChI is InChI=1S/C12H12FN3O2.C3H4N2/c1-2-9-10(12(17)18)11(14)16(15-9)8-5-3-7(13)4-6-8;1-2-4-5-3-1/h3-6H,2,14H2,1H3,(H,17,18);1-3H,(H,4,5). The highest BCUT2D eigenvalue weighted by Gasteiger charge is 2.20. The Balaban J connectivity index is 0.000000326. The molecule has 0 amide bonds. The highest BCUT2D eigenvalue weighted by atomic mass is 19.1. The van der Waals surface area contributed by atoms with Crippen LogP contribution in [0.5, 0.6) is 0 Å². The number of nitrogens with one attached hydrogen (secondary N) is 1. The summed E-state index contributed by atoms with van der Waals surface area (Å²) < 4.78 is 14.1. The first-order chi connectivity index (χ1) is 11.0. The summed E-state index contributed by atoms with van der Waals surface area (Å²) in [6.07, 6.45) is 3.92. The van der Waals surface area contributed by atoms with Gasteiger partial charge in [0.25, 0.3) is 0 Å². The van der Waals surface area contributed by atoms with E-state index in [1.807, 2.05) is 6.07 Å². The molecule has 0 aliphatic carbocycles. The van der Waals surface area contributed by atoms with Gasteiger partial charge in [-0.3, -0.25) is 5.10 Å². The number of H-pyrrole nitrogens is 1. The number of carboxylic acids is 1. The minimum Gasteiger partial charge on any atom is -0.477 e. The van der Waals surface area contributed by atoms with Crippen LogP contribution >= 0.6 is 0 Å². The van der Waals surface area contributed by atoms with Crippen LogP contribution in [0.2, 0.25) is 0 Å². The molecule has 0 bridgehead atoms. The Morgan fingerprint density at radius 2 is 2.09 bits per heavy atom. The number of aromatic nitrogens is 4. The molecule has 0 fully saturated rings. The lowest BCUT2D eigenvalue weighted by molar-refractivity contribution is 0.0697. The predicted octanol–water partition coefficient (Wildman–Crippen LogP) is 2.26. The number of rotatable bonds is 3. The normalized spacial score (nSPS) is 10.0. The van der Waals surface area contributed by atoms with Crippen LogP contribution in [0.3, 0.4) is 0 Å². The van der Waals surface area contributed by atoms with Gasteiger partial charge in [0.05, 0.1) is 11.4 Å². The number of aromatic carboxylic acids is 1. The van der Waals surface area contributed by atoms with Gasteiger partial charge in [-0.2, -0.15) is 10.2 Å². The number of hydrogen-bond acceptors (Lipinski definition) is 4. The van der Waals surface area contributed by atoms with Crippen LogP contribution < -0.4 is 5.73 Å². The summed E-state index contributed by atoms with van der Waals surface area (Å²) in [6, 6.07) is 7.35. The van der Waals surface area contributed by atoms with Crippen molar-refractivity contribution in [2.75, 3.05) is 5.73 Å². The van der Waals surface area contributed by atoms with Crippen LogP contribution in [0.1, 0.15) is 23.0 Å². The molecule has 0 aliphatic rings. The number of carboxylic acid groups (broad SMARTS) is 1. The number of aryl methyl sites for hydroxylation is 1. The van der Waals surface area contributed by atoms with E-state index in [1.54, 1.807) is 19.3 Å². The number of anilines is 1. The second-order valence-corrected chi connectivity index (χ2v) is 4.52. The predicted molar refractivity (Wildman–Crippen MR) is 82.9 cm³/mol. The molecule has 0 atom stereocenters. The van der Waals surface area contributed by atoms with Crippen molar-refractivity contribution in [3.8, 4) is 5.69 Å². The van der Waals surface area contributed by atoms with Gasteiger partial charge < -0.3 is 10.8 Å². The Morgan fingerprint density at radius 1 is 1.39 bits per heavy atom. The zero-order valence-electron chi connectivity index (χ0n) is 12.4. The number of carbonyl (C=O) groups is 1. The van der Waals surface area contributed by atoms with E-state index in [1.165, 1.54) is 28.9 Å². The second-order valence-electron chi connectivity index (χ2n) is 4.52. The Morgan fingerprint density at radius 3 is 2.48 bits per heavy atom. The number of benzene rings is 1. The van der Waals surface area contributed by atoms with Crippen LogP contribution in [0, 0.1) is 5.82 Å². The molecule has 4 N–H and O–H groups in total. The molecule has 0 saturated carbocycles. The quantitative estimate of drug-likeness (QED) is 0.686. The van der Waals surface area contributed by atoms with E-state index in [0.29, 0.717) is 17.8 Å². The lowest BCUT2D eigenvalue weighted by Crippen LogP contribution is -2.06.